The van der Waals surface area contributed by atoms with Crippen LogP contribution in [0.3, 0.4) is 0 Å². The summed E-state index contributed by atoms with van der Waals surface area (Å²) < 4.78 is 0. The van der Waals surface area contributed by atoms with E-state index in [2.05, 4.69) is 9.97 Å². The maximum atomic E-state index is 11.4. The van der Waals surface area contributed by atoms with E-state index in [4.69, 9.17) is 0 Å². The number of aryl methyl sites for hydroxylation is 2. The number of hydrogen-bond donors (Lipinski definition) is 3. The number of non-ortho nitro benzene ring substituents is 1. The van der Waals surface area contributed by atoms with Crippen molar-refractivity contribution in [1.82, 2.24) is 9.97 Å². The molecule has 3 N–H and O–H groups in total. The van der Waals surface area contributed by atoms with Gasteiger partial charge in [0.2, 0.25) is 0 Å². The third-order valence-corrected chi connectivity index (χ3v) is 4.64. The number of aromatic nitrogens is 2. The van der Waals surface area contributed by atoms with Gasteiger partial charge in [0.05, 0.1) is 16.3 Å². The number of hydrogen-bond acceptors (Lipinski definition) is 3. The monoisotopic (exact) mass is 325 g/mol. The summed E-state index contributed by atoms with van der Waals surface area (Å²) >= 11 is 0. The van der Waals surface area contributed by atoms with E-state index in [0.717, 1.165) is 22.3 Å². The highest BCUT2D eigenvalue weighted by Gasteiger charge is 2.22. The Morgan fingerprint density at radius 2 is 1.33 bits per heavy atom. The molecule has 3 aromatic rings. The van der Waals surface area contributed by atoms with Gasteiger partial charge in [-0.25, -0.2) is 0 Å². The molecule has 0 aliphatic heterocycles. The van der Waals surface area contributed by atoms with E-state index < -0.39 is 4.92 Å². The average molecular weight is 325 g/mol. The second-order valence-corrected chi connectivity index (χ2v) is 6.09. The van der Waals surface area contributed by atoms with Crippen LogP contribution in [0, 0.1) is 37.8 Å². The highest BCUT2D eigenvalue weighted by Crippen LogP contribution is 2.42. The molecule has 0 spiro atoms. The molecule has 0 aliphatic carbocycles. The van der Waals surface area contributed by atoms with Crippen LogP contribution < -0.4 is 0 Å². The molecule has 0 fully saturated rings. The van der Waals surface area contributed by atoms with E-state index in [9.17, 15) is 15.2 Å². The van der Waals surface area contributed by atoms with Crippen molar-refractivity contribution < 1.29 is 10.0 Å². The molecule has 0 unspecified atom stereocenters. The predicted octanol–water partition coefficient (Wildman–Crippen LogP) is 4.52. The maximum absolute atomic E-state index is 11.4. The van der Waals surface area contributed by atoms with E-state index in [-0.39, 0.29) is 11.4 Å². The summed E-state index contributed by atoms with van der Waals surface area (Å²) in [6.07, 6.45) is 3.65. The SMILES string of the molecule is Cc1c[nH]c(-c2cc([N+](=O)[O-])cc(-c3[nH]cc(C)c3C)c2O)c1C. The smallest absolute Gasteiger partial charge is 0.271 e. The molecular weight excluding hydrogens is 306 g/mol. The number of aromatic amines is 2. The summed E-state index contributed by atoms with van der Waals surface area (Å²) in [5.41, 5.74) is 6.15. The maximum Gasteiger partial charge on any atom is 0.271 e. The van der Waals surface area contributed by atoms with Crippen molar-refractivity contribution in [3.63, 3.8) is 0 Å². The Kier molecular flexibility index (Phi) is 3.67. The lowest BCUT2D eigenvalue weighted by molar-refractivity contribution is -0.384. The Balaban J connectivity index is 2.33. The zero-order valence-corrected chi connectivity index (χ0v) is 14.0. The first-order chi connectivity index (χ1) is 11.3. The molecule has 0 amide bonds. The van der Waals surface area contributed by atoms with Crippen LogP contribution >= 0.6 is 0 Å². The van der Waals surface area contributed by atoms with E-state index in [0.29, 0.717) is 22.5 Å². The molecule has 0 aliphatic rings. The summed E-state index contributed by atoms with van der Waals surface area (Å²) in [5.74, 6) is 0.0236. The van der Waals surface area contributed by atoms with Gasteiger partial charge in [0.1, 0.15) is 5.75 Å². The van der Waals surface area contributed by atoms with Gasteiger partial charge in [0, 0.05) is 35.7 Å². The van der Waals surface area contributed by atoms with Gasteiger partial charge in [-0.15, -0.1) is 0 Å². The number of H-pyrrole nitrogens is 2. The van der Waals surface area contributed by atoms with E-state index >= 15 is 0 Å². The van der Waals surface area contributed by atoms with Gasteiger partial charge in [0.25, 0.3) is 5.69 Å². The van der Waals surface area contributed by atoms with Crippen LogP contribution in [0.25, 0.3) is 22.5 Å². The van der Waals surface area contributed by atoms with Crippen molar-refractivity contribution in [2.75, 3.05) is 0 Å². The quantitative estimate of drug-likeness (QED) is 0.488. The number of phenolic OH excluding ortho intramolecular Hbond substituents is 1. The van der Waals surface area contributed by atoms with Gasteiger partial charge in [-0.05, 0) is 49.9 Å². The third-order valence-electron chi connectivity index (χ3n) is 4.64. The molecule has 124 valence electrons. The Morgan fingerprint density at radius 3 is 1.62 bits per heavy atom. The molecule has 2 heterocycles. The lowest BCUT2D eigenvalue weighted by atomic mass is 9.98. The van der Waals surface area contributed by atoms with E-state index in [1.54, 1.807) is 0 Å². The first-order valence-electron chi connectivity index (χ1n) is 7.62. The summed E-state index contributed by atoms with van der Waals surface area (Å²) in [6, 6.07) is 2.81. The molecule has 24 heavy (non-hydrogen) atoms. The Labute approximate surface area is 139 Å². The Morgan fingerprint density at radius 1 is 0.917 bits per heavy atom. The molecule has 0 bridgehead atoms. The highest BCUT2D eigenvalue weighted by molar-refractivity contribution is 5.84. The lowest BCUT2D eigenvalue weighted by Gasteiger charge is -2.11. The van der Waals surface area contributed by atoms with E-state index in [1.165, 1.54) is 12.1 Å². The molecule has 6 nitrogen and oxygen atoms in total. The molecule has 6 heteroatoms. The first kappa shape index (κ1) is 15.9. The predicted molar refractivity (Wildman–Crippen MR) is 93.3 cm³/mol. The standard InChI is InChI=1S/C18H19N3O3/c1-9-7-19-16(11(9)3)14-5-13(21(23)24)6-15(18(14)22)17-12(4)10(2)8-20-17/h5-8,19-20,22H,1-4H3. The molecule has 0 saturated carbocycles. The summed E-state index contributed by atoms with van der Waals surface area (Å²) in [5, 5.41) is 22.2. The molecular formula is C18H19N3O3. The topological polar surface area (TPSA) is 95.0 Å². The second kappa shape index (κ2) is 5.56. The fourth-order valence-corrected chi connectivity index (χ4v) is 2.85. The minimum absolute atomic E-state index is 0.0236. The fraction of sp³-hybridized carbons (Fsp3) is 0.222. The van der Waals surface area contributed by atoms with Crippen LogP contribution in [0.15, 0.2) is 24.5 Å². The number of aromatic hydroxyl groups is 1. The molecule has 3 rings (SSSR count). The van der Waals surface area contributed by atoms with Crippen molar-refractivity contribution in [2.45, 2.75) is 27.7 Å². The normalized spacial score (nSPS) is 11.0. The van der Waals surface area contributed by atoms with Gasteiger partial charge >= 0.3 is 0 Å². The van der Waals surface area contributed by atoms with Crippen LogP contribution in [0.1, 0.15) is 22.3 Å². The molecule has 2 aromatic heterocycles. The minimum atomic E-state index is -0.442. The van der Waals surface area contributed by atoms with Crippen LogP contribution in [0.5, 0.6) is 5.75 Å². The average Bonchev–Trinajstić information content (AvgIpc) is 3.04. The van der Waals surface area contributed by atoms with Crippen LogP contribution in [-0.2, 0) is 0 Å². The zero-order chi connectivity index (χ0) is 17.6. The van der Waals surface area contributed by atoms with Gasteiger partial charge in [-0.1, -0.05) is 0 Å². The van der Waals surface area contributed by atoms with Gasteiger partial charge in [-0.3, -0.25) is 10.1 Å². The van der Waals surface area contributed by atoms with Gasteiger partial charge in [-0.2, -0.15) is 0 Å². The van der Waals surface area contributed by atoms with Crippen molar-refractivity contribution in [1.29, 1.82) is 0 Å². The first-order valence-corrected chi connectivity index (χ1v) is 7.62. The van der Waals surface area contributed by atoms with E-state index in [1.807, 2.05) is 40.1 Å². The highest BCUT2D eigenvalue weighted by atomic mass is 16.6. The Hall–Kier alpha value is -3.02. The summed E-state index contributed by atoms with van der Waals surface area (Å²) in [7, 11) is 0. The number of phenols is 1. The van der Waals surface area contributed by atoms with Crippen molar-refractivity contribution in [2.24, 2.45) is 0 Å². The molecule has 0 saturated heterocycles. The number of rotatable bonds is 3. The largest absolute Gasteiger partial charge is 0.507 e. The third kappa shape index (κ3) is 2.36. The number of nitrogens with one attached hydrogen (secondary N) is 2. The number of benzene rings is 1. The van der Waals surface area contributed by atoms with Crippen LogP contribution in [0.2, 0.25) is 0 Å². The Bertz CT molecular complexity index is 883. The van der Waals surface area contributed by atoms with Crippen LogP contribution in [-0.4, -0.2) is 20.0 Å². The summed E-state index contributed by atoms with van der Waals surface area (Å²) in [4.78, 5) is 17.1. The number of nitro groups is 1. The fourth-order valence-electron chi connectivity index (χ4n) is 2.85. The van der Waals surface area contributed by atoms with Crippen molar-refractivity contribution in [3.8, 4) is 28.3 Å². The summed E-state index contributed by atoms with van der Waals surface area (Å²) in [6.45, 7) is 7.73. The van der Waals surface area contributed by atoms with Crippen molar-refractivity contribution >= 4 is 5.69 Å². The lowest BCUT2D eigenvalue weighted by Crippen LogP contribution is -1.94. The number of nitro benzene ring substituents is 1. The van der Waals surface area contributed by atoms with Crippen molar-refractivity contribution in [3.05, 3.63) is 56.9 Å². The van der Waals surface area contributed by atoms with Crippen LogP contribution in [0.4, 0.5) is 5.69 Å². The zero-order valence-electron chi connectivity index (χ0n) is 14.0. The number of nitrogens with zero attached hydrogens (tertiary/aromatic N) is 1. The van der Waals surface area contributed by atoms with Gasteiger partial charge < -0.3 is 15.1 Å². The molecule has 1 aromatic carbocycles. The molecule has 0 atom stereocenters. The second-order valence-electron chi connectivity index (χ2n) is 6.09. The molecule has 0 radical (unpaired) electrons. The van der Waals surface area contributed by atoms with Gasteiger partial charge in [0.15, 0.2) is 0 Å². The minimum Gasteiger partial charge on any atom is -0.507 e.